The third kappa shape index (κ3) is 8.33. The molecule has 3 aromatic rings. The van der Waals surface area contributed by atoms with Crippen LogP contribution in [0.15, 0.2) is 72.8 Å². The Bertz CT molecular complexity index is 1210. The van der Waals surface area contributed by atoms with Gasteiger partial charge in [0.2, 0.25) is 11.8 Å². The number of nitrogens with one attached hydrogen (secondary N) is 1. The van der Waals surface area contributed by atoms with Crippen molar-refractivity contribution in [2.75, 3.05) is 14.2 Å². The van der Waals surface area contributed by atoms with Gasteiger partial charge in [0.1, 0.15) is 11.9 Å². The van der Waals surface area contributed by atoms with E-state index in [4.69, 9.17) is 9.47 Å². The molecule has 0 aliphatic heterocycles. The zero-order valence-electron chi connectivity index (χ0n) is 22.8. The highest BCUT2D eigenvalue weighted by atomic mass is 19.1. The lowest BCUT2D eigenvalue weighted by Crippen LogP contribution is -2.54. The third-order valence-electron chi connectivity index (χ3n) is 6.11. The van der Waals surface area contributed by atoms with Gasteiger partial charge >= 0.3 is 0 Å². The number of carbonyl (C=O) groups is 2. The summed E-state index contributed by atoms with van der Waals surface area (Å²) in [5.74, 6) is 0.442. The molecule has 0 saturated carbocycles. The summed E-state index contributed by atoms with van der Waals surface area (Å²) in [5, 5.41) is 3.05. The molecule has 1 N–H and O–H groups in total. The third-order valence-corrected chi connectivity index (χ3v) is 6.11. The fourth-order valence-electron chi connectivity index (χ4n) is 4.22. The molecule has 3 rings (SSSR count). The summed E-state index contributed by atoms with van der Waals surface area (Å²) < 4.78 is 24.3. The van der Waals surface area contributed by atoms with Crippen LogP contribution in [0, 0.1) is 5.82 Å². The number of benzene rings is 3. The van der Waals surface area contributed by atoms with Crippen LogP contribution in [0.4, 0.5) is 4.39 Å². The van der Waals surface area contributed by atoms with Crippen molar-refractivity contribution >= 4 is 11.8 Å². The lowest BCUT2D eigenvalue weighted by Gasteiger charge is -2.34. The van der Waals surface area contributed by atoms with E-state index >= 15 is 0 Å². The Labute approximate surface area is 224 Å². The van der Waals surface area contributed by atoms with E-state index in [-0.39, 0.29) is 30.6 Å². The minimum atomic E-state index is -0.750. The van der Waals surface area contributed by atoms with Crippen LogP contribution in [0.5, 0.6) is 11.5 Å². The van der Waals surface area contributed by atoms with Crippen molar-refractivity contribution in [1.29, 1.82) is 0 Å². The van der Waals surface area contributed by atoms with Gasteiger partial charge in [-0.25, -0.2) is 4.39 Å². The second-order valence-corrected chi connectivity index (χ2v) is 10.3. The molecule has 202 valence electrons. The Morgan fingerprint density at radius 1 is 0.868 bits per heavy atom. The number of amides is 2. The van der Waals surface area contributed by atoms with Crippen molar-refractivity contribution in [3.63, 3.8) is 0 Å². The van der Waals surface area contributed by atoms with Crippen LogP contribution in [0.1, 0.15) is 43.9 Å². The van der Waals surface area contributed by atoms with E-state index < -0.39 is 11.6 Å². The van der Waals surface area contributed by atoms with E-state index in [1.54, 1.807) is 31.3 Å². The fourth-order valence-corrected chi connectivity index (χ4v) is 4.22. The molecule has 6 nitrogen and oxygen atoms in total. The SMILES string of the molecule is COc1ccc(CCC(=O)N(Cc2ccc(F)cc2)C(Cc2ccccc2)C(=O)NC(C)(C)C)cc1OC. The van der Waals surface area contributed by atoms with Gasteiger partial charge < -0.3 is 19.7 Å². The largest absolute Gasteiger partial charge is 0.493 e. The first kappa shape index (κ1) is 28.7. The standard InChI is InChI=1S/C31H37FN2O4/c1-31(2,3)33-30(36)26(19-22-9-7-6-8-10-22)34(21-24-11-15-25(32)16-12-24)29(35)18-14-23-13-17-27(37-4)28(20-23)38-5/h6-13,15-17,20,26H,14,18-19,21H2,1-5H3,(H,33,36). The highest BCUT2D eigenvalue weighted by molar-refractivity contribution is 5.88. The Hall–Kier alpha value is -3.87. The molecule has 0 aliphatic rings. The van der Waals surface area contributed by atoms with Crippen LogP contribution in [0.3, 0.4) is 0 Å². The maximum atomic E-state index is 13.8. The molecule has 0 bridgehead atoms. The predicted octanol–water partition coefficient (Wildman–Crippen LogP) is 5.33. The van der Waals surface area contributed by atoms with Crippen molar-refractivity contribution in [1.82, 2.24) is 10.2 Å². The Morgan fingerprint density at radius 2 is 1.50 bits per heavy atom. The molecule has 0 saturated heterocycles. The second kappa shape index (κ2) is 13.1. The number of halogens is 1. The molecule has 0 heterocycles. The first-order valence-electron chi connectivity index (χ1n) is 12.7. The number of methoxy groups -OCH3 is 2. The van der Waals surface area contributed by atoms with E-state index in [0.29, 0.717) is 24.3 Å². The Kier molecular flexibility index (Phi) is 9.88. The molecule has 3 aromatic carbocycles. The summed E-state index contributed by atoms with van der Waals surface area (Å²) in [5.41, 5.74) is 2.12. The van der Waals surface area contributed by atoms with Crippen LogP contribution in [0.25, 0.3) is 0 Å². The summed E-state index contributed by atoms with van der Waals surface area (Å²) in [6.45, 7) is 5.91. The predicted molar refractivity (Wildman–Crippen MR) is 147 cm³/mol. The molecule has 0 fully saturated rings. The lowest BCUT2D eigenvalue weighted by molar-refractivity contribution is -0.141. The molecular weight excluding hydrogens is 483 g/mol. The maximum Gasteiger partial charge on any atom is 0.243 e. The Morgan fingerprint density at radius 3 is 2.11 bits per heavy atom. The van der Waals surface area contributed by atoms with Gasteiger partial charge in [-0.2, -0.15) is 0 Å². The molecule has 0 radical (unpaired) electrons. The van der Waals surface area contributed by atoms with Gasteiger partial charge in [-0.1, -0.05) is 48.5 Å². The number of carbonyl (C=O) groups excluding carboxylic acids is 2. The highest BCUT2D eigenvalue weighted by Gasteiger charge is 2.32. The number of hydrogen-bond donors (Lipinski definition) is 1. The summed E-state index contributed by atoms with van der Waals surface area (Å²) in [6.07, 6.45) is 0.995. The van der Waals surface area contributed by atoms with Crippen LogP contribution in [-0.4, -0.2) is 42.5 Å². The summed E-state index contributed by atoms with van der Waals surface area (Å²) >= 11 is 0. The number of nitrogens with zero attached hydrogens (tertiary/aromatic N) is 1. The molecule has 0 spiro atoms. The molecule has 1 atom stereocenters. The van der Waals surface area contributed by atoms with Gasteiger partial charge in [-0.05, 0) is 68.1 Å². The smallest absolute Gasteiger partial charge is 0.243 e. The number of aryl methyl sites for hydroxylation is 1. The quantitative estimate of drug-likeness (QED) is 0.371. The number of hydrogen-bond acceptors (Lipinski definition) is 4. The Balaban J connectivity index is 1.92. The minimum Gasteiger partial charge on any atom is -0.493 e. The van der Waals surface area contributed by atoms with Gasteiger partial charge in [-0.3, -0.25) is 9.59 Å². The van der Waals surface area contributed by atoms with Gasteiger partial charge in [0.25, 0.3) is 0 Å². The van der Waals surface area contributed by atoms with Crippen molar-refractivity contribution < 1.29 is 23.5 Å². The van der Waals surface area contributed by atoms with Crippen molar-refractivity contribution in [2.24, 2.45) is 0 Å². The van der Waals surface area contributed by atoms with Crippen LogP contribution >= 0.6 is 0 Å². The van der Waals surface area contributed by atoms with Crippen molar-refractivity contribution in [3.8, 4) is 11.5 Å². The van der Waals surface area contributed by atoms with Crippen molar-refractivity contribution in [3.05, 3.63) is 95.3 Å². The summed E-state index contributed by atoms with van der Waals surface area (Å²) in [6, 6.07) is 20.5. The average molecular weight is 521 g/mol. The van der Waals surface area contributed by atoms with Gasteiger partial charge in [0, 0.05) is 24.9 Å². The first-order chi connectivity index (χ1) is 18.1. The highest BCUT2D eigenvalue weighted by Crippen LogP contribution is 2.28. The summed E-state index contributed by atoms with van der Waals surface area (Å²) in [4.78, 5) is 29.0. The maximum absolute atomic E-state index is 13.8. The minimum absolute atomic E-state index is 0.172. The van der Waals surface area contributed by atoms with Crippen LogP contribution < -0.4 is 14.8 Å². The molecule has 1 unspecified atom stereocenters. The van der Waals surface area contributed by atoms with Crippen molar-refractivity contribution in [2.45, 2.75) is 58.2 Å². The second-order valence-electron chi connectivity index (χ2n) is 10.3. The molecule has 0 aliphatic carbocycles. The van der Waals surface area contributed by atoms with Gasteiger partial charge in [0.05, 0.1) is 14.2 Å². The average Bonchev–Trinajstić information content (AvgIpc) is 2.89. The van der Waals surface area contributed by atoms with Crippen LogP contribution in [0.2, 0.25) is 0 Å². The fraction of sp³-hybridized carbons (Fsp3) is 0.355. The number of rotatable bonds is 11. The molecule has 2 amide bonds. The zero-order chi connectivity index (χ0) is 27.7. The summed E-state index contributed by atoms with van der Waals surface area (Å²) in [7, 11) is 3.14. The normalized spacial score (nSPS) is 11.9. The van der Waals surface area contributed by atoms with Gasteiger partial charge in [0.15, 0.2) is 11.5 Å². The van der Waals surface area contributed by atoms with Gasteiger partial charge in [-0.15, -0.1) is 0 Å². The molecule has 38 heavy (non-hydrogen) atoms. The van der Waals surface area contributed by atoms with E-state index in [1.165, 1.54) is 12.1 Å². The first-order valence-corrected chi connectivity index (χ1v) is 12.7. The van der Waals surface area contributed by atoms with E-state index in [1.807, 2.05) is 69.3 Å². The van der Waals surface area contributed by atoms with E-state index in [2.05, 4.69) is 5.32 Å². The lowest BCUT2D eigenvalue weighted by atomic mass is 9.99. The van der Waals surface area contributed by atoms with Crippen LogP contribution in [-0.2, 0) is 29.0 Å². The molecule has 7 heteroatoms. The van der Waals surface area contributed by atoms with E-state index in [9.17, 15) is 14.0 Å². The van der Waals surface area contributed by atoms with E-state index in [0.717, 1.165) is 16.7 Å². The molecule has 0 aromatic heterocycles. The zero-order valence-corrected chi connectivity index (χ0v) is 22.8. The topological polar surface area (TPSA) is 67.9 Å². The number of ether oxygens (including phenoxy) is 2. The monoisotopic (exact) mass is 520 g/mol. The molecular formula is C31H37FN2O4.